The summed E-state index contributed by atoms with van der Waals surface area (Å²) in [5, 5.41) is 8.95. The first-order valence-corrected chi connectivity index (χ1v) is 5.27. The van der Waals surface area contributed by atoms with Gasteiger partial charge >= 0.3 is 5.97 Å². The summed E-state index contributed by atoms with van der Waals surface area (Å²) in [6.07, 6.45) is 0.0742. The lowest BCUT2D eigenvalue weighted by Crippen LogP contribution is -2.26. The highest BCUT2D eigenvalue weighted by molar-refractivity contribution is 6.12. The first-order valence-electron chi connectivity index (χ1n) is 4.96. The third-order valence-electron chi connectivity index (χ3n) is 2.31. The molecule has 92 valence electrons. The highest BCUT2D eigenvalue weighted by Gasteiger charge is 2.28. The quantitative estimate of drug-likeness (QED) is 0.595. The van der Waals surface area contributed by atoms with Gasteiger partial charge in [0.25, 0.3) is 0 Å². The molecule has 0 radical (unpaired) electrons. The van der Waals surface area contributed by atoms with Crippen molar-refractivity contribution in [2.24, 2.45) is 11.7 Å². The Morgan fingerprint density at radius 3 is 2.59 bits per heavy atom. The van der Waals surface area contributed by atoms with Crippen LogP contribution in [-0.2, 0) is 4.79 Å². The number of nitrogens with two attached hydrogens (primary N) is 1. The van der Waals surface area contributed by atoms with E-state index in [2.05, 4.69) is 4.29 Å². The summed E-state index contributed by atoms with van der Waals surface area (Å²) in [6.45, 7) is 0.118. The maximum Gasteiger partial charge on any atom is 0.314 e. The number of carboxylic acid groups (broad SMARTS) is 1. The number of para-hydroxylation sites is 1. The smallest absolute Gasteiger partial charge is 0.314 e. The Balaban J connectivity index is 3.04. The van der Waals surface area contributed by atoms with Crippen LogP contribution in [0.5, 0.6) is 5.75 Å². The van der Waals surface area contributed by atoms with Gasteiger partial charge < -0.3 is 15.1 Å². The molecular weight excluding hydrogens is 246 g/mol. The molecule has 5 nitrogen and oxygen atoms in total. The Hall–Kier alpha value is -1.59. The fourth-order valence-corrected chi connectivity index (χ4v) is 1.59. The average Bonchev–Trinajstić information content (AvgIpc) is 2.34. The molecule has 0 heterocycles. The minimum atomic E-state index is -1.20. The summed E-state index contributed by atoms with van der Waals surface area (Å²) in [7, 11) is 0. The number of carbonyl (C=O) groups is 2. The van der Waals surface area contributed by atoms with Gasteiger partial charge in [0.1, 0.15) is 17.8 Å². The van der Waals surface area contributed by atoms with Gasteiger partial charge in [0.05, 0.1) is 5.56 Å². The zero-order valence-corrected chi connectivity index (χ0v) is 9.68. The van der Waals surface area contributed by atoms with E-state index in [0.29, 0.717) is 0 Å². The third-order valence-corrected chi connectivity index (χ3v) is 2.47. The molecule has 0 aliphatic carbocycles. The Morgan fingerprint density at radius 1 is 1.41 bits per heavy atom. The van der Waals surface area contributed by atoms with E-state index in [1.54, 1.807) is 12.1 Å². The molecule has 6 heteroatoms. The second kappa shape index (κ2) is 6.22. The summed E-state index contributed by atoms with van der Waals surface area (Å²) in [5.41, 5.74) is 5.42. The molecule has 0 aliphatic heterocycles. The Morgan fingerprint density at radius 2 is 2.06 bits per heavy atom. The number of Topliss-reactive ketones (excluding diaryl/α,β-unsaturated/α-hetero) is 1. The standard InChI is InChI=1S/C11H12ClNO4/c12-17-9-4-2-1-3-7(9)10(14)8(5-6-13)11(15)16/h1-4,8H,5-6,13H2,(H,15,16). The van der Waals surface area contributed by atoms with E-state index in [4.69, 9.17) is 22.7 Å². The highest BCUT2D eigenvalue weighted by Crippen LogP contribution is 2.23. The van der Waals surface area contributed by atoms with Crippen molar-refractivity contribution in [1.29, 1.82) is 0 Å². The van der Waals surface area contributed by atoms with E-state index >= 15 is 0 Å². The number of halogens is 1. The van der Waals surface area contributed by atoms with Gasteiger partial charge in [-0.2, -0.15) is 0 Å². The number of rotatable bonds is 6. The third kappa shape index (κ3) is 3.18. The second-order valence-electron chi connectivity index (χ2n) is 3.41. The molecule has 1 aromatic rings. The Bertz CT molecular complexity index is 422. The molecule has 1 aromatic carbocycles. The molecule has 0 saturated carbocycles. The molecule has 0 bridgehead atoms. The number of benzene rings is 1. The van der Waals surface area contributed by atoms with Gasteiger partial charge in [0.15, 0.2) is 11.5 Å². The van der Waals surface area contributed by atoms with E-state index in [9.17, 15) is 9.59 Å². The molecule has 0 aromatic heterocycles. The molecule has 1 unspecified atom stereocenters. The van der Waals surface area contributed by atoms with Gasteiger partial charge in [0.2, 0.25) is 0 Å². The first kappa shape index (κ1) is 13.5. The molecule has 17 heavy (non-hydrogen) atoms. The van der Waals surface area contributed by atoms with Gasteiger partial charge in [-0.3, -0.25) is 9.59 Å². The normalized spacial score (nSPS) is 11.9. The molecule has 1 rings (SSSR count). The summed E-state index contributed by atoms with van der Waals surface area (Å²) in [6, 6.07) is 6.19. The van der Waals surface area contributed by atoms with Crippen molar-refractivity contribution in [2.45, 2.75) is 6.42 Å². The van der Waals surface area contributed by atoms with E-state index < -0.39 is 17.7 Å². The van der Waals surface area contributed by atoms with Crippen molar-refractivity contribution >= 4 is 23.6 Å². The molecule has 3 N–H and O–H groups in total. The second-order valence-corrected chi connectivity index (χ2v) is 3.56. The number of hydrogen-bond acceptors (Lipinski definition) is 4. The maximum absolute atomic E-state index is 12.0. The number of carbonyl (C=O) groups excluding carboxylic acids is 1. The molecule has 0 spiro atoms. The van der Waals surface area contributed by atoms with Crippen LogP contribution in [0.15, 0.2) is 24.3 Å². The highest BCUT2D eigenvalue weighted by atomic mass is 35.5. The summed E-state index contributed by atoms with van der Waals surface area (Å²) in [5.74, 6) is -2.79. The number of carboxylic acids is 1. The lowest BCUT2D eigenvalue weighted by molar-refractivity contribution is -0.140. The monoisotopic (exact) mass is 257 g/mol. The van der Waals surface area contributed by atoms with Crippen molar-refractivity contribution in [1.82, 2.24) is 0 Å². The predicted molar refractivity (Wildman–Crippen MR) is 62.1 cm³/mol. The first-order chi connectivity index (χ1) is 8.11. The van der Waals surface area contributed by atoms with Gasteiger partial charge in [-0.25, -0.2) is 0 Å². The molecule has 0 amide bonds. The Kier molecular flexibility index (Phi) is 4.93. The van der Waals surface area contributed by atoms with E-state index in [0.717, 1.165) is 0 Å². The zero-order chi connectivity index (χ0) is 12.8. The zero-order valence-electron chi connectivity index (χ0n) is 8.93. The van der Waals surface area contributed by atoms with Gasteiger partial charge in [-0.15, -0.1) is 0 Å². The van der Waals surface area contributed by atoms with Crippen LogP contribution in [0.2, 0.25) is 0 Å². The van der Waals surface area contributed by atoms with Crippen LogP contribution in [0.3, 0.4) is 0 Å². The van der Waals surface area contributed by atoms with E-state index in [-0.39, 0.29) is 24.3 Å². The molecule has 0 fully saturated rings. The predicted octanol–water partition coefficient (Wildman–Crippen LogP) is 1.45. The van der Waals surface area contributed by atoms with Gasteiger partial charge in [-0.05, 0) is 25.1 Å². The fourth-order valence-electron chi connectivity index (χ4n) is 1.46. The van der Waals surface area contributed by atoms with Crippen LogP contribution in [0.1, 0.15) is 16.8 Å². The topological polar surface area (TPSA) is 89.6 Å². The lowest BCUT2D eigenvalue weighted by atomic mass is 9.94. The maximum atomic E-state index is 12.0. The van der Waals surface area contributed by atoms with Crippen molar-refractivity contribution in [3.05, 3.63) is 29.8 Å². The van der Waals surface area contributed by atoms with Crippen molar-refractivity contribution in [3.63, 3.8) is 0 Å². The molecule has 1 atom stereocenters. The Labute approximate surface area is 103 Å². The number of aliphatic carboxylic acids is 1. The van der Waals surface area contributed by atoms with E-state index in [1.165, 1.54) is 12.1 Å². The van der Waals surface area contributed by atoms with Crippen molar-refractivity contribution in [3.8, 4) is 5.75 Å². The SMILES string of the molecule is NCCC(C(=O)O)C(=O)c1ccccc1OCl. The summed E-state index contributed by atoms with van der Waals surface area (Å²) < 4.78 is 4.50. The van der Waals surface area contributed by atoms with Crippen LogP contribution in [0, 0.1) is 5.92 Å². The molecule has 0 aliphatic rings. The molecule has 0 saturated heterocycles. The van der Waals surface area contributed by atoms with Crippen LogP contribution in [-0.4, -0.2) is 23.4 Å². The van der Waals surface area contributed by atoms with Crippen LogP contribution >= 0.6 is 11.9 Å². The number of hydrogen-bond donors (Lipinski definition) is 2. The summed E-state index contributed by atoms with van der Waals surface area (Å²) in [4.78, 5) is 22.9. The number of ketones is 1. The van der Waals surface area contributed by atoms with Crippen molar-refractivity contribution < 1.29 is 19.0 Å². The van der Waals surface area contributed by atoms with Gasteiger partial charge in [-0.1, -0.05) is 12.1 Å². The summed E-state index contributed by atoms with van der Waals surface area (Å²) >= 11 is 5.21. The minimum Gasteiger partial charge on any atom is -0.481 e. The largest absolute Gasteiger partial charge is 0.481 e. The fraction of sp³-hybridized carbons (Fsp3) is 0.273. The van der Waals surface area contributed by atoms with Gasteiger partial charge in [0, 0.05) is 0 Å². The van der Waals surface area contributed by atoms with Crippen LogP contribution in [0.25, 0.3) is 0 Å². The van der Waals surface area contributed by atoms with Crippen LogP contribution < -0.4 is 10.0 Å². The van der Waals surface area contributed by atoms with E-state index in [1.807, 2.05) is 0 Å². The van der Waals surface area contributed by atoms with Crippen molar-refractivity contribution in [2.75, 3.05) is 6.54 Å². The lowest BCUT2D eigenvalue weighted by Gasteiger charge is -2.11. The average molecular weight is 258 g/mol. The molecular formula is C11H12ClNO4. The minimum absolute atomic E-state index is 0.0742. The van der Waals surface area contributed by atoms with Crippen LogP contribution in [0.4, 0.5) is 0 Å².